The molecule has 0 aliphatic carbocycles. The Morgan fingerprint density at radius 3 is 2.20 bits per heavy atom. The highest BCUT2D eigenvalue weighted by molar-refractivity contribution is 5.94. The summed E-state index contributed by atoms with van der Waals surface area (Å²) in [5.74, 6) is -1.49. The lowest BCUT2D eigenvalue weighted by molar-refractivity contribution is -0.137. The van der Waals surface area contributed by atoms with E-state index in [1.54, 1.807) is 0 Å². The lowest BCUT2D eigenvalue weighted by Crippen LogP contribution is -2.11. The van der Waals surface area contributed by atoms with Gasteiger partial charge in [0.15, 0.2) is 0 Å². The summed E-state index contributed by atoms with van der Waals surface area (Å²) in [6.45, 7) is 1.27. The largest absolute Gasteiger partial charge is 0.508 e. The van der Waals surface area contributed by atoms with Crippen LogP contribution in [0.4, 0.5) is 0 Å². The molecule has 0 bridgehead atoms. The minimum atomic E-state index is -0.729. The van der Waals surface area contributed by atoms with E-state index in [9.17, 15) is 9.59 Å². The molecule has 0 radical (unpaired) electrons. The van der Waals surface area contributed by atoms with Crippen molar-refractivity contribution in [1.29, 1.82) is 0 Å². The molecular formula is C10H10O5. The molecule has 15 heavy (non-hydrogen) atoms. The van der Waals surface area contributed by atoms with Crippen LogP contribution in [0, 0.1) is 0 Å². The van der Waals surface area contributed by atoms with Crippen LogP contribution in [0.15, 0.2) is 18.2 Å². The maximum atomic E-state index is 11.0. The van der Waals surface area contributed by atoms with Gasteiger partial charge >= 0.3 is 5.97 Å². The smallest absolute Gasteiger partial charge is 0.318 e. The van der Waals surface area contributed by atoms with Crippen LogP contribution in [-0.2, 0) is 9.59 Å². The van der Waals surface area contributed by atoms with Crippen LogP contribution >= 0.6 is 0 Å². The topological polar surface area (TPSA) is 83.8 Å². The van der Waals surface area contributed by atoms with Gasteiger partial charge in [-0.3, -0.25) is 9.59 Å². The van der Waals surface area contributed by atoms with Gasteiger partial charge in [-0.1, -0.05) is 0 Å². The number of phenolic OH excluding ortho intramolecular Hbond substituents is 2. The number of rotatable bonds is 3. The van der Waals surface area contributed by atoms with Crippen molar-refractivity contribution >= 4 is 11.8 Å². The van der Waals surface area contributed by atoms with Gasteiger partial charge in [0.2, 0.25) is 0 Å². The minimum Gasteiger partial charge on any atom is -0.508 e. The molecule has 1 aromatic rings. The zero-order chi connectivity index (χ0) is 11.4. The van der Waals surface area contributed by atoms with Crippen LogP contribution in [0.5, 0.6) is 17.2 Å². The molecule has 80 valence electrons. The van der Waals surface area contributed by atoms with Crippen LogP contribution in [0.25, 0.3) is 0 Å². The van der Waals surface area contributed by atoms with Gasteiger partial charge in [0.05, 0.1) is 0 Å². The Morgan fingerprint density at radius 2 is 1.73 bits per heavy atom. The maximum Gasteiger partial charge on any atom is 0.318 e. The van der Waals surface area contributed by atoms with Crippen LogP contribution in [0.1, 0.15) is 13.3 Å². The first-order valence-corrected chi connectivity index (χ1v) is 4.20. The van der Waals surface area contributed by atoms with Crippen molar-refractivity contribution in [3.63, 3.8) is 0 Å². The highest BCUT2D eigenvalue weighted by Gasteiger charge is 2.09. The molecule has 0 aromatic heterocycles. The molecule has 0 aliphatic heterocycles. The van der Waals surface area contributed by atoms with Crippen LogP contribution in [0.2, 0.25) is 0 Å². The van der Waals surface area contributed by atoms with E-state index in [1.165, 1.54) is 6.92 Å². The number of hydrogen-bond acceptors (Lipinski definition) is 5. The summed E-state index contributed by atoms with van der Waals surface area (Å²) in [5, 5.41) is 18.1. The Hall–Kier alpha value is -2.04. The Kier molecular flexibility index (Phi) is 3.28. The van der Waals surface area contributed by atoms with Gasteiger partial charge in [-0.25, -0.2) is 0 Å². The molecule has 1 aromatic carbocycles. The first-order chi connectivity index (χ1) is 6.97. The number of ketones is 1. The number of benzene rings is 1. The molecule has 0 saturated carbocycles. The van der Waals surface area contributed by atoms with Gasteiger partial charge in [-0.05, 0) is 6.92 Å². The van der Waals surface area contributed by atoms with E-state index < -0.39 is 5.97 Å². The fourth-order valence-electron chi connectivity index (χ4n) is 0.998. The third kappa shape index (κ3) is 3.68. The molecule has 0 saturated heterocycles. The Bertz CT molecular complexity index is 377. The van der Waals surface area contributed by atoms with Gasteiger partial charge in [-0.2, -0.15) is 0 Å². The Morgan fingerprint density at radius 1 is 1.20 bits per heavy atom. The number of esters is 1. The monoisotopic (exact) mass is 210 g/mol. The van der Waals surface area contributed by atoms with E-state index in [0.717, 1.165) is 18.2 Å². The summed E-state index contributed by atoms with van der Waals surface area (Å²) < 4.78 is 4.71. The van der Waals surface area contributed by atoms with Gasteiger partial charge in [0, 0.05) is 18.2 Å². The van der Waals surface area contributed by atoms with E-state index in [0.29, 0.717) is 0 Å². The van der Waals surface area contributed by atoms with Gasteiger partial charge in [0.1, 0.15) is 29.5 Å². The molecule has 0 atom stereocenters. The number of Topliss-reactive ketones (excluding diaryl/α,β-unsaturated/α-hetero) is 1. The normalized spacial score (nSPS) is 9.67. The summed E-state index contributed by atoms with van der Waals surface area (Å²) in [5.41, 5.74) is 0. The summed E-state index contributed by atoms with van der Waals surface area (Å²) in [4.78, 5) is 21.6. The van der Waals surface area contributed by atoms with Gasteiger partial charge in [-0.15, -0.1) is 0 Å². The standard InChI is InChI=1S/C10H10O5/c1-6(11)2-10(14)15-9-4-7(12)3-8(13)5-9/h3-5,12-13H,2H2,1H3. The van der Waals surface area contributed by atoms with Crippen LogP contribution < -0.4 is 4.74 Å². The average Bonchev–Trinajstić information content (AvgIpc) is 1.98. The second-order valence-electron chi connectivity index (χ2n) is 3.04. The molecule has 0 unspecified atom stereocenters. The predicted octanol–water partition coefficient (Wildman–Crippen LogP) is 0.982. The number of hydrogen-bond donors (Lipinski definition) is 2. The lowest BCUT2D eigenvalue weighted by Gasteiger charge is -2.03. The predicted molar refractivity (Wildman–Crippen MR) is 50.7 cm³/mol. The van der Waals surface area contributed by atoms with Crippen molar-refractivity contribution in [2.75, 3.05) is 0 Å². The van der Waals surface area contributed by atoms with Crippen LogP contribution in [-0.4, -0.2) is 22.0 Å². The molecule has 2 N–H and O–H groups in total. The summed E-state index contributed by atoms with van der Waals surface area (Å²) >= 11 is 0. The third-order valence-corrected chi connectivity index (χ3v) is 1.50. The number of aromatic hydroxyl groups is 2. The third-order valence-electron chi connectivity index (χ3n) is 1.50. The van der Waals surface area contributed by atoms with Crippen molar-refractivity contribution in [1.82, 2.24) is 0 Å². The van der Waals surface area contributed by atoms with Crippen molar-refractivity contribution in [3.8, 4) is 17.2 Å². The molecule has 5 nitrogen and oxygen atoms in total. The van der Waals surface area contributed by atoms with E-state index in [4.69, 9.17) is 14.9 Å². The number of carbonyl (C=O) groups is 2. The average molecular weight is 210 g/mol. The SMILES string of the molecule is CC(=O)CC(=O)Oc1cc(O)cc(O)c1. The molecule has 0 aliphatic rings. The molecular weight excluding hydrogens is 200 g/mol. The van der Waals surface area contributed by atoms with Crippen molar-refractivity contribution in [2.24, 2.45) is 0 Å². The van der Waals surface area contributed by atoms with E-state index in [-0.39, 0.29) is 29.5 Å². The first-order valence-electron chi connectivity index (χ1n) is 4.20. The van der Waals surface area contributed by atoms with E-state index in [2.05, 4.69) is 0 Å². The lowest BCUT2D eigenvalue weighted by atomic mass is 10.3. The molecule has 0 heterocycles. The Balaban J connectivity index is 2.72. The second-order valence-corrected chi connectivity index (χ2v) is 3.04. The molecule has 1 rings (SSSR count). The van der Waals surface area contributed by atoms with E-state index >= 15 is 0 Å². The fraction of sp³-hybridized carbons (Fsp3) is 0.200. The highest BCUT2D eigenvalue weighted by atomic mass is 16.5. The van der Waals surface area contributed by atoms with Gasteiger partial charge in [0.25, 0.3) is 0 Å². The van der Waals surface area contributed by atoms with Crippen LogP contribution in [0.3, 0.4) is 0 Å². The van der Waals surface area contributed by atoms with Crippen molar-refractivity contribution < 1.29 is 24.5 Å². The highest BCUT2D eigenvalue weighted by Crippen LogP contribution is 2.25. The number of carbonyl (C=O) groups excluding carboxylic acids is 2. The summed E-state index contributed by atoms with van der Waals surface area (Å²) in [6.07, 6.45) is -0.337. The zero-order valence-corrected chi connectivity index (χ0v) is 8.06. The number of phenols is 2. The number of ether oxygens (including phenoxy) is 1. The molecule has 5 heteroatoms. The van der Waals surface area contributed by atoms with Gasteiger partial charge < -0.3 is 14.9 Å². The maximum absolute atomic E-state index is 11.0. The summed E-state index contributed by atoms with van der Waals surface area (Å²) in [6, 6.07) is 3.43. The molecule has 0 amide bonds. The van der Waals surface area contributed by atoms with Crippen molar-refractivity contribution in [3.05, 3.63) is 18.2 Å². The fourth-order valence-corrected chi connectivity index (χ4v) is 0.998. The first kappa shape index (κ1) is 11.0. The van der Waals surface area contributed by atoms with Crippen molar-refractivity contribution in [2.45, 2.75) is 13.3 Å². The molecule has 0 fully saturated rings. The minimum absolute atomic E-state index is 0.00116. The quantitative estimate of drug-likeness (QED) is 0.441. The zero-order valence-electron chi connectivity index (χ0n) is 8.06. The molecule has 0 spiro atoms. The van der Waals surface area contributed by atoms with E-state index in [1.807, 2.05) is 0 Å². The Labute approximate surface area is 85.9 Å². The summed E-state index contributed by atoms with van der Waals surface area (Å²) in [7, 11) is 0. The second kappa shape index (κ2) is 4.45.